The van der Waals surface area contributed by atoms with Crippen LogP contribution in [0.4, 0.5) is 5.69 Å². The molecule has 3 rings (SSSR count). The number of amides is 2. The molecule has 0 saturated carbocycles. The normalized spacial score (nSPS) is 10.5. The molecule has 2 amide bonds. The summed E-state index contributed by atoms with van der Waals surface area (Å²) in [5, 5.41) is 6.09. The predicted octanol–water partition coefficient (Wildman–Crippen LogP) is 3.56. The van der Waals surface area contributed by atoms with Gasteiger partial charge < -0.3 is 15.1 Å². The summed E-state index contributed by atoms with van der Waals surface area (Å²) in [5.41, 5.74) is 1.28. The van der Waals surface area contributed by atoms with Crippen molar-refractivity contribution in [3.63, 3.8) is 0 Å². The number of furan rings is 1. The maximum Gasteiger partial charge on any atom is 0.287 e. The van der Waals surface area contributed by atoms with Crippen molar-refractivity contribution < 1.29 is 14.0 Å². The van der Waals surface area contributed by atoms with Crippen LogP contribution in [0.1, 0.15) is 10.6 Å². The van der Waals surface area contributed by atoms with Gasteiger partial charge in [-0.1, -0.05) is 30.3 Å². The maximum absolute atomic E-state index is 12.0. The Hall–Kier alpha value is -2.60. The molecule has 0 aliphatic rings. The summed E-state index contributed by atoms with van der Waals surface area (Å²) in [6.45, 7) is -0.142. The van der Waals surface area contributed by atoms with E-state index in [9.17, 15) is 9.59 Å². The molecule has 0 aliphatic carbocycles. The first-order valence-corrected chi connectivity index (χ1v) is 7.74. The molecule has 116 valence electrons. The second-order valence-electron chi connectivity index (χ2n) is 4.86. The van der Waals surface area contributed by atoms with Gasteiger partial charge in [0.2, 0.25) is 5.91 Å². The molecule has 0 unspecified atom stereocenters. The third kappa shape index (κ3) is 3.60. The Balaban J connectivity index is 1.60. The highest BCUT2D eigenvalue weighted by atomic mass is 79.9. The average molecular weight is 373 g/mol. The number of para-hydroxylation sites is 2. The van der Waals surface area contributed by atoms with Crippen LogP contribution in [0.5, 0.6) is 0 Å². The van der Waals surface area contributed by atoms with Crippen molar-refractivity contribution >= 4 is 44.4 Å². The second kappa shape index (κ2) is 6.66. The molecule has 0 radical (unpaired) electrons. The van der Waals surface area contributed by atoms with E-state index in [1.54, 1.807) is 18.2 Å². The van der Waals surface area contributed by atoms with Crippen molar-refractivity contribution in [3.8, 4) is 0 Å². The van der Waals surface area contributed by atoms with E-state index in [-0.39, 0.29) is 18.2 Å². The number of rotatable bonds is 4. The smallest absolute Gasteiger partial charge is 0.287 e. The van der Waals surface area contributed by atoms with Gasteiger partial charge in [0.15, 0.2) is 5.76 Å². The van der Waals surface area contributed by atoms with Crippen LogP contribution >= 0.6 is 15.9 Å². The molecule has 2 aromatic carbocycles. The fourth-order valence-electron chi connectivity index (χ4n) is 2.10. The van der Waals surface area contributed by atoms with Crippen LogP contribution in [0.3, 0.4) is 0 Å². The van der Waals surface area contributed by atoms with Crippen molar-refractivity contribution in [1.29, 1.82) is 0 Å². The van der Waals surface area contributed by atoms with Gasteiger partial charge in [0, 0.05) is 9.86 Å². The molecule has 0 atom stereocenters. The van der Waals surface area contributed by atoms with E-state index >= 15 is 0 Å². The average Bonchev–Trinajstić information content (AvgIpc) is 2.99. The van der Waals surface area contributed by atoms with Crippen molar-refractivity contribution in [2.45, 2.75) is 0 Å². The fraction of sp³-hybridized carbons (Fsp3) is 0.0588. The number of anilines is 1. The Bertz CT molecular complexity index is 840. The highest BCUT2D eigenvalue weighted by Crippen LogP contribution is 2.21. The Kier molecular flexibility index (Phi) is 4.43. The van der Waals surface area contributed by atoms with Crippen LogP contribution in [0.25, 0.3) is 11.0 Å². The van der Waals surface area contributed by atoms with Crippen LogP contribution in [0.2, 0.25) is 0 Å². The molecule has 1 aromatic heterocycles. The zero-order chi connectivity index (χ0) is 16.2. The summed E-state index contributed by atoms with van der Waals surface area (Å²) in [5.74, 6) is -0.565. The molecule has 6 heteroatoms. The molecule has 1 heterocycles. The van der Waals surface area contributed by atoms with Crippen molar-refractivity contribution in [2.75, 3.05) is 11.9 Å². The largest absolute Gasteiger partial charge is 0.451 e. The Labute approximate surface area is 140 Å². The van der Waals surface area contributed by atoms with Crippen molar-refractivity contribution in [3.05, 3.63) is 64.8 Å². The number of nitrogens with one attached hydrogen (secondary N) is 2. The van der Waals surface area contributed by atoms with Gasteiger partial charge >= 0.3 is 0 Å². The number of hydrogen-bond acceptors (Lipinski definition) is 3. The van der Waals surface area contributed by atoms with Gasteiger partial charge in [-0.25, -0.2) is 0 Å². The lowest BCUT2D eigenvalue weighted by Crippen LogP contribution is -2.32. The van der Waals surface area contributed by atoms with Crippen molar-refractivity contribution in [1.82, 2.24) is 5.32 Å². The third-order valence-electron chi connectivity index (χ3n) is 3.21. The lowest BCUT2D eigenvalue weighted by atomic mass is 10.2. The zero-order valence-electron chi connectivity index (χ0n) is 12.0. The number of benzene rings is 2. The lowest BCUT2D eigenvalue weighted by molar-refractivity contribution is -0.115. The Morgan fingerprint density at radius 3 is 2.57 bits per heavy atom. The third-order valence-corrected chi connectivity index (χ3v) is 3.90. The van der Waals surface area contributed by atoms with E-state index in [0.717, 1.165) is 9.86 Å². The minimum atomic E-state index is -0.427. The van der Waals surface area contributed by atoms with Crippen LogP contribution in [-0.2, 0) is 4.79 Å². The van der Waals surface area contributed by atoms with E-state index in [1.807, 2.05) is 36.4 Å². The first kappa shape index (κ1) is 15.3. The SMILES string of the molecule is O=C(CNC(=O)c1cc2ccccc2o1)Nc1ccccc1Br. The number of hydrogen-bond donors (Lipinski definition) is 2. The molecule has 2 N–H and O–H groups in total. The van der Waals surface area contributed by atoms with E-state index in [1.165, 1.54) is 0 Å². The van der Waals surface area contributed by atoms with Crippen molar-refractivity contribution in [2.24, 2.45) is 0 Å². The minimum absolute atomic E-state index is 0.142. The van der Waals surface area contributed by atoms with Gasteiger partial charge in [-0.2, -0.15) is 0 Å². The molecule has 0 saturated heterocycles. The first-order chi connectivity index (χ1) is 11.1. The van der Waals surface area contributed by atoms with Crippen LogP contribution < -0.4 is 10.6 Å². The van der Waals surface area contributed by atoms with Crippen LogP contribution in [-0.4, -0.2) is 18.4 Å². The molecule has 0 fully saturated rings. The maximum atomic E-state index is 12.0. The van der Waals surface area contributed by atoms with Gasteiger partial charge in [0.1, 0.15) is 5.58 Å². The summed E-state index contributed by atoms with van der Waals surface area (Å²) >= 11 is 3.34. The van der Waals surface area contributed by atoms with Gasteiger partial charge in [-0.15, -0.1) is 0 Å². The first-order valence-electron chi connectivity index (χ1n) is 6.94. The number of halogens is 1. The van der Waals surface area contributed by atoms with Gasteiger partial charge in [-0.3, -0.25) is 9.59 Å². The van der Waals surface area contributed by atoms with E-state index < -0.39 is 5.91 Å². The summed E-state index contributed by atoms with van der Waals surface area (Å²) in [7, 11) is 0. The zero-order valence-corrected chi connectivity index (χ0v) is 13.6. The molecule has 23 heavy (non-hydrogen) atoms. The number of fused-ring (bicyclic) bond motifs is 1. The highest BCUT2D eigenvalue weighted by molar-refractivity contribution is 9.10. The highest BCUT2D eigenvalue weighted by Gasteiger charge is 2.13. The summed E-state index contributed by atoms with van der Waals surface area (Å²) in [6, 6.07) is 16.2. The molecule has 0 aliphatic heterocycles. The van der Waals surface area contributed by atoms with Gasteiger partial charge in [0.25, 0.3) is 5.91 Å². The topological polar surface area (TPSA) is 71.3 Å². The summed E-state index contributed by atoms with van der Waals surface area (Å²) in [6.07, 6.45) is 0. The molecule has 3 aromatic rings. The van der Waals surface area contributed by atoms with E-state index in [2.05, 4.69) is 26.6 Å². The molecule has 0 spiro atoms. The standard InChI is InChI=1S/C17H13BrN2O3/c18-12-6-2-3-7-13(12)20-16(21)10-19-17(22)15-9-11-5-1-4-8-14(11)23-15/h1-9H,10H2,(H,19,22)(H,20,21). The monoisotopic (exact) mass is 372 g/mol. The quantitative estimate of drug-likeness (QED) is 0.735. The van der Waals surface area contributed by atoms with E-state index in [0.29, 0.717) is 11.3 Å². The number of carbonyl (C=O) groups is 2. The lowest BCUT2D eigenvalue weighted by Gasteiger charge is -2.07. The second-order valence-corrected chi connectivity index (χ2v) is 5.71. The van der Waals surface area contributed by atoms with Crippen LogP contribution in [0, 0.1) is 0 Å². The van der Waals surface area contributed by atoms with Crippen LogP contribution in [0.15, 0.2) is 63.5 Å². The van der Waals surface area contributed by atoms with Gasteiger partial charge in [-0.05, 0) is 40.2 Å². The van der Waals surface area contributed by atoms with E-state index in [4.69, 9.17) is 4.42 Å². The summed E-state index contributed by atoms with van der Waals surface area (Å²) < 4.78 is 6.22. The summed E-state index contributed by atoms with van der Waals surface area (Å²) in [4.78, 5) is 23.9. The minimum Gasteiger partial charge on any atom is -0.451 e. The number of carbonyl (C=O) groups excluding carboxylic acids is 2. The fourth-order valence-corrected chi connectivity index (χ4v) is 2.48. The molecule has 5 nitrogen and oxygen atoms in total. The Morgan fingerprint density at radius 1 is 1.04 bits per heavy atom. The molecular formula is C17H13BrN2O3. The molecular weight excluding hydrogens is 360 g/mol. The Morgan fingerprint density at radius 2 is 1.78 bits per heavy atom. The van der Waals surface area contributed by atoms with Gasteiger partial charge in [0.05, 0.1) is 12.2 Å². The molecule has 0 bridgehead atoms. The predicted molar refractivity (Wildman–Crippen MR) is 91.3 cm³/mol.